The van der Waals surface area contributed by atoms with Gasteiger partial charge < -0.3 is 10.1 Å². The van der Waals surface area contributed by atoms with Gasteiger partial charge >= 0.3 is 0 Å². The van der Waals surface area contributed by atoms with Crippen LogP contribution in [-0.4, -0.2) is 35.6 Å². The van der Waals surface area contributed by atoms with Crippen LogP contribution in [0.15, 0.2) is 46.9 Å². The summed E-state index contributed by atoms with van der Waals surface area (Å²) in [4.78, 5) is 13.2. The quantitative estimate of drug-likeness (QED) is 0.561. The molecule has 1 aliphatic rings. The summed E-state index contributed by atoms with van der Waals surface area (Å²) in [6.45, 7) is 6.18. The van der Waals surface area contributed by atoms with Crippen LogP contribution in [0, 0.1) is 10.1 Å². The van der Waals surface area contributed by atoms with Crippen molar-refractivity contribution in [3.05, 3.63) is 68.2 Å². The molecule has 26 heavy (non-hydrogen) atoms. The maximum Gasteiger partial charge on any atom is 0.293 e. The van der Waals surface area contributed by atoms with E-state index in [1.54, 1.807) is 12.1 Å². The van der Waals surface area contributed by atoms with Gasteiger partial charge in [-0.25, -0.2) is 0 Å². The maximum atomic E-state index is 11.2. The van der Waals surface area contributed by atoms with Crippen LogP contribution in [0.25, 0.3) is 0 Å². The number of nitrogens with one attached hydrogen (secondary N) is 1. The van der Waals surface area contributed by atoms with Crippen molar-refractivity contribution in [1.29, 1.82) is 0 Å². The topological polar surface area (TPSA) is 67.6 Å². The molecule has 0 amide bonds. The molecule has 2 aromatic rings. The first kappa shape index (κ1) is 18.8. The fraction of sp³-hybridized carbons (Fsp3) is 0.368. The van der Waals surface area contributed by atoms with Gasteiger partial charge in [-0.2, -0.15) is 0 Å². The lowest BCUT2D eigenvalue weighted by Crippen LogP contribution is -2.40. The van der Waals surface area contributed by atoms with Gasteiger partial charge in [0.15, 0.2) is 0 Å². The minimum atomic E-state index is -0.372. The molecule has 0 spiro atoms. The second-order valence-electron chi connectivity index (χ2n) is 6.51. The maximum absolute atomic E-state index is 11.2. The standard InChI is InChI=1S/C19H22BrN3O3/c1-14-12-22(7-8-26-14)13-16-4-2-3-15(9-16)11-21-18-6-5-17(20)10-19(18)23(24)25/h2-6,9-10,14,21H,7-8,11-13H2,1H3. The second kappa shape index (κ2) is 8.62. The van der Waals surface area contributed by atoms with Gasteiger partial charge in [-0.3, -0.25) is 15.0 Å². The van der Waals surface area contributed by atoms with Crippen molar-refractivity contribution in [2.24, 2.45) is 0 Å². The van der Waals surface area contributed by atoms with Gasteiger partial charge in [0.2, 0.25) is 0 Å². The summed E-state index contributed by atoms with van der Waals surface area (Å²) in [5.74, 6) is 0. The summed E-state index contributed by atoms with van der Waals surface area (Å²) in [5.41, 5.74) is 2.92. The van der Waals surface area contributed by atoms with E-state index in [1.807, 2.05) is 12.1 Å². The lowest BCUT2D eigenvalue weighted by molar-refractivity contribution is -0.384. The van der Waals surface area contributed by atoms with E-state index in [9.17, 15) is 10.1 Å². The first-order valence-electron chi connectivity index (χ1n) is 8.61. The molecule has 6 nitrogen and oxygen atoms in total. The molecule has 1 atom stereocenters. The average molecular weight is 420 g/mol. The summed E-state index contributed by atoms with van der Waals surface area (Å²) in [7, 11) is 0. The molecular formula is C19H22BrN3O3. The Kier molecular flexibility index (Phi) is 6.24. The molecule has 0 bridgehead atoms. The number of hydrogen-bond acceptors (Lipinski definition) is 5. The van der Waals surface area contributed by atoms with Crippen LogP contribution in [0.4, 0.5) is 11.4 Å². The van der Waals surface area contributed by atoms with Crippen LogP contribution >= 0.6 is 15.9 Å². The third-order valence-electron chi connectivity index (χ3n) is 4.36. The van der Waals surface area contributed by atoms with Crippen LogP contribution in [0.2, 0.25) is 0 Å². The zero-order valence-electron chi connectivity index (χ0n) is 14.7. The zero-order valence-corrected chi connectivity index (χ0v) is 16.2. The van der Waals surface area contributed by atoms with E-state index in [1.165, 1.54) is 11.6 Å². The average Bonchev–Trinajstić information content (AvgIpc) is 2.61. The zero-order chi connectivity index (χ0) is 18.5. The van der Waals surface area contributed by atoms with E-state index in [0.29, 0.717) is 16.7 Å². The Morgan fingerprint density at radius 3 is 2.88 bits per heavy atom. The highest BCUT2D eigenvalue weighted by Gasteiger charge is 2.17. The van der Waals surface area contributed by atoms with Gasteiger partial charge in [0.1, 0.15) is 5.69 Å². The lowest BCUT2D eigenvalue weighted by Gasteiger charge is -2.31. The Labute approximate surface area is 161 Å². The molecule has 0 aliphatic carbocycles. The molecule has 7 heteroatoms. The lowest BCUT2D eigenvalue weighted by atomic mass is 10.1. The van der Waals surface area contributed by atoms with Crippen LogP contribution < -0.4 is 5.32 Å². The molecule has 3 rings (SSSR count). The van der Waals surface area contributed by atoms with Crippen molar-refractivity contribution in [2.75, 3.05) is 25.0 Å². The van der Waals surface area contributed by atoms with Crippen LogP contribution in [-0.2, 0) is 17.8 Å². The number of nitrogens with zero attached hydrogens (tertiary/aromatic N) is 2. The van der Waals surface area contributed by atoms with Crippen molar-refractivity contribution in [1.82, 2.24) is 4.90 Å². The van der Waals surface area contributed by atoms with Gasteiger partial charge in [-0.1, -0.05) is 40.2 Å². The fourth-order valence-corrected chi connectivity index (χ4v) is 3.48. The van der Waals surface area contributed by atoms with Crippen molar-refractivity contribution in [3.8, 4) is 0 Å². The Morgan fingerprint density at radius 1 is 1.31 bits per heavy atom. The van der Waals surface area contributed by atoms with Gasteiger partial charge in [0, 0.05) is 36.7 Å². The smallest absolute Gasteiger partial charge is 0.293 e. The molecule has 0 aromatic heterocycles. The normalized spacial score (nSPS) is 17.8. The molecule has 1 N–H and O–H groups in total. The molecule has 0 radical (unpaired) electrons. The number of rotatable bonds is 6. The molecule has 1 fully saturated rings. The van der Waals surface area contributed by atoms with E-state index in [0.717, 1.165) is 31.8 Å². The highest BCUT2D eigenvalue weighted by atomic mass is 79.9. The Bertz CT molecular complexity index is 784. The van der Waals surface area contributed by atoms with Gasteiger partial charge in [-0.15, -0.1) is 0 Å². The third kappa shape index (κ3) is 5.03. The monoisotopic (exact) mass is 419 g/mol. The number of hydrogen-bond donors (Lipinski definition) is 1. The van der Waals surface area contributed by atoms with E-state index >= 15 is 0 Å². The molecule has 1 aliphatic heterocycles. The van der Waals surface area contributed by atoms with E-state index in [2.05, 4.69) is 45.2 Å². The van der Waals surface area contributed by atoms with Crippen LogP contribution in [0.3, 0.4) is 0 Å². The van der Waals surface area contributed by atoms with E-state index < -0.39 is 0 Å². The molecule has 1 saturated heterocycles. The van der Waals surface area contributed by atoms with Gasteiger partial charge in [0.25, 0.3) is 5.69 Å². The minimum absolute atomic E-state index is 0.0674. The van der Waals surface area contributed by atoms with Crippen molar-refractivity contribution < 1.29 is 9.66 Å². The summed E-state index contributed by atoms with van der Waals surface area (Å²) >= 11 is 3.28. The number of ether oxygens (including phenoxy) is 1. The third-order valence-corrected chi connectivity index (χ3v) is 4.86. The van der Waals surface area contributed by atoms with E-state index in [4.69, 9.17) is 4.74 Å². The fourth-order valence-electron chi connectivity index (χ4n) is 3.13. The summed E-state index contributed by atoms with van der Waals surface area (Å²) in [6, 6.07) is 13.4. The minimum Gasteiger partial charge on any atom is -0.376 e. The predicted molar refractivity (Wildman–Crippen MR) is 105 cm³/mol. The predicted octanol–water partition coefficient (Wildman–Crippen LogP) is 4.19. The number of morpholine rings is 1. The number of nitro benzene ring substituents is 1. The summed E-state index contributed by atoms with van der Waals surface area (Å²) < 4.78 is 6.28. The molecule has 0 saturated carbocycles. The highest BCUT2D eigenvalue weighted by Crippen LogP contribution is 2.28. The van der Waals surface area contributed by atoms with Gasteiger partial charge in [-0.05, 0) is 30.2 Å². The van der Waals surface area contributed by atoms with Crippen molar-refractivity contribution in [3.63, 3.8) is 0 Å². The van der Waals surface area contributed by atoms with Crippen LogP contribution in [0.5, 0.6) is 0 Å². The first-order valence-corrected chi connectivity index (χ1v) is 9.40. The number of halogens is 1. The SMILES string of the molecule is CC1CN(Cc2cccc(CNc3ccc(Br)cc3[N+](=O)[O-])c2)CCO1. The molecule has 138 valence electrons. The number of anilines is 1. The Morgan fingerprint density at radius 2 is 2.12 bits per heavy atom. The second-order valence-corrected chi connectivity index (χ2v) is 7.42. The Hall–Kier alpha value is -1.96. The van der Waals surface area contributed by atoms with Crippen LogP contribution in [0.1, 0.15) is 18.1 Å². The number of nitro groups is 1. The largest absolute Gasteiger partial charge is 0.376 e. The van der Waals surface area contributed by atoms with Crippen molar-refractivity contribution >= 4 is 27.3 Å². The molecule has 1 unspecified atom stereocenters. The molecule has 2 aromatic carbocycles. The molecular weight excluding hydrogens is 398 g/mol. The summed E-state index contributed by atoms with van der Waals surface area (Å²) in [6.07, 6.45) is 0.270. The summed E-state index contributed by atoms with van der Waals surface area (Å²) in [5, 5.41) is 14.4. The van der Waals surface area contributed by atoms with E-state index in [-0.39, 0.29) is 16.7 Å². The highest BCUT2D eigenvalue weighted by molar-refractivity contribution is 9.10. The first-order chi connectivity index (χ1) is 12.5. The Balaban J connectivity index is 1.65. The van der Waals surface area contributed by atoms with Gasteiger partial charge in [0.05, 0.1) is 17.6 Å². The van der Waals surface area contributed by atoms with Crippen molar-refractivity contribution in [2.45, 2.75) is 26.1 Å². The molecule has 1 heterocycles. The number of benzene rings is 2.